The van der Waals surface area contributed by atoms with E-state index >= 15 is 0 Å². The van der Waals surface area contributed by atoms with Crippen molar-refractivity contribution in [3.8, 4) is 0 Å². The molecule has 154 valence electrons. The van der Waals surface area contributed by atoms with Gasteiger partial charge in [-0.15, -0.1) is 34.2 Å². The number of hydrogen-bond acceptors (Lipinski definition) is 4. The summed E-state index contributed by atoms with van der Waals surface area (Å²) in [7, 11) is 3.90. The van der Waals surface area contributed by atoms with Gasteiger partial charge < -0.3 is 19.5 Å². The molecule has 1 fully saturated rings. The number of hydrogen-bond donors (Lipinski definition) is 1. The van der Waals surface area contributed by atoms with Gasteiger partial charge >= 0.3 is 0 Å². The summed E-state index contributed by atoms with van der Waals surface area (Å²) in [6.45, 7) is 4.50. The molecule has 1 atom stereocenters. The predicted octanol–water partition coefficient (Wildman–Crippen LogP) is 2.64. The van der Waals surface area contributed by atoms with E-state index in [-0.39, 0.29) is 35.9 Å². The summed E-state index contributed by atoms with van der Waals surface area (Å²) in [4.78, 5) is 6.74. The first-order valence-corrected chi connectivity index (χ1v) is 9.23. The average molecular weight is 502 g/mol. The second-order valence-corrected chi connectivity index (χ2v) is 6.86. The zero-order valence-electron chi connectivity index (χ0n) is 16.6. The van der Waals surface area contributed by atoms with Crippen LogP contribution >= 0.6 is 24.0 Å². The summed E-state index contributed by atoms with van der Waals surface area (Å²) in [5.41, 5.74) is 1.01. The van der Waals surface area contributed by atoms with Crippen LogP contribution in [0, 0.1) is 12.7 Å². The Morgan fingerprint density at radius 2 is 2.11 bits per heavy atom. The van der Waals surface area contributed by atoms with Crippen molar-refractivity contribution < 1.29 is 9.13 Å². The number of benzene rings is 1. The Labute approximate surface area is 182 Å². The summed E-state index contributed by atoms with van der Waals surface area (Å²) in [6.07, 6.45) is 2.37. The summed E-state index contributed by atoms with van der Waals surface area (Å²) in [6, 6.07) is 6.52. The van der Waals surface area contributed by atoms with Gasteiger partial charge in [-0.3, -0.25) is 0 Å². The first-order valence-electron chi connectivity index (χ1n) is 9.23. The van der Waals surface area contributed by atoms with E-state index in [9.17, 15) is 4.39 Å². The summed E-state index contributed by atoms with van der Waals surface area (Å²) in [5, 5.41) is 11.7. The fourth-order valence-electron chi connectivity index (χ4n) is 2.99. The van der Waals surface area contributed by atoms with Crippen LogP contribution in [0.2, 0.25) is 0 Å². The highest BCUT2D eigenvalue weighted by molar-refractivity contribution is 14.0. The molecule has 1 unspecified atom stereocenters. The van der Waals surface area contributed by atoms with Crippen LogP contribution in [0.25, 0.3) is 0 Å². The molecule has 0 saturated carbocycles. The minimum absolute atomic E-state index is 0. The van der Waals surface area contributed by atoms with Crippen LogP contribution in [0.15, 0.2) is 29.3 Å². The second-order valence-electron chi connectivity index (χ2n) is 6.86. The first kappa shape index (κ1) is 22.5. The molecule has 9 heteroatoms. The van der Waals surface area contributed by atoms with Crippen LogP contribution in [0.3, 0.4) is 0 Å². The molecule has 1 aromatic carbocycles. The van der Waals surface area contributed by atoms with Crippen molar-refractivity contribution in [2.24, 2.45) is 12.0 Å². The smallest absolute Gasteiger partial charge is 0.194 e. The van der Waals surface area contributed by atoms with E-state index in [2.05, 4.69) is 15.5 Å². The van der Waals surface area contributed by atoms with Crippen LogP contribution in [-0.4, -0.2) is 51.9 Å². The molecular formula is C19H28FIN6O. The molecule has 0 amide bonds. The Kier molecular flexibility index (Phi) is 8.61. The van der Waals surface area contributed by atoms with Gasteiger partial charge in [0, 0.05) is 33.8 Å². The van der Waals surface area contributed by atoms with E-state index < -0.39 is 0 Å². The van der Waals surface area contributed by atoms with Crippen molar-refractivity contribution in [1.82, 2.24) is 25.0 Å². The van der Waals surface area contributed by atoms with Crippen molar-refractivity contribution in [3.05, 3.63) is 47.3 Å². The Balaban J connectivity index is 0.00000280. The van der Waals surface area contributed by atoms with Gasteiger partial charge in [0.1, 0.15) is 18.2 Å². The average Bonchev–Trinajstić information content (AvgIpc) is 3.28. The van der Waals surface area contributed by atoms with E-state index in [0.29, 0.717) is 19.6 Å². The van der Waals surface area contributed by atoms with E-state index in [4.69, 9.17) is 9.73 Å². The maximum Gasteiger partial charge on any atom is 0.194 e. The number of guanidine groups is 1. The third-order valence-electron chi connectivity index (χ3n) is 4.76. The summed E-state index contributed by atoms with van der Waals surface area (Å²) in [5.74, 6) is 2.19. The molecule has 1 aromatic heterocycles. The molecule has 2 aromatic rings. The minimum atomic E-state index is -0.232. The molecule has 1 saturated heterocycles. The Morgan fingerprint density at radius 1 is 1.36 bits per heavy atom. The predicted molar refractivity (Wildman–Crippen MR) is 117 cm³/mol. The number of rotatable bonds is 6. The quantitative estimate of drug-likeness (QED) is 0.374. The Bertz CT molecular complexity index is 773. The Hall–Kier alpha value is -1.75. The molecular weight excluding hydrogens is 474 g/mol. The third kappa shape index (κ3) is 6.13. The number of nitrogens with zero attached hydrogens (tertiary/aromatic N) is 5. The molecule has 1 aliphatic rings. The van der Waals surface area contributed by atoms with Gasteiger partial charge in [-0.2, -0.15) is 0 Å². The van der Waals surface area contributed by atoms with Crippen molar-refractivity contribution in [2.45, 2.75) is 39.0 Å². The van der Waals surface area contributed by atoms with Gasteiger partial charge in [0.15, 0.2) is 11.8 Å². The third-order valence-corrected chi connectivity index (χ3v) is 4.76. The van der Waals surface area contributed by atoms with Gasteiger partial charge in [-0.1, -0.05) is 12.1 Å². The fraction of sp³-hybridized carbons (Fsp3) is 0.526. The molecule has 1 N–H and O–H groups in total. The standard InChI is InChI=1S/C19H27FN6O.HI/c1-14-23-24-18(26(14)3)12-22-19(21-11-17-5-4-10-27-17)25(2)13-15-6-8-16(20)9-7-15;/h6-9,17H,4-5,10-13H2,1-3H3,(H,21,22);1H. The van der Waals surface area contributed by atoms with E-state index in [1.54, 1.807) is 12.1 Å². The highest BCUT2D eigenvalue weighted by atomic mass is 127. The van der Waals surface area contributed by atoms with Crippen molar-refractivity contribution in [1.29, 1.82) is 0 Å². The fourth-order valence-corrected chi connectivity index (χ4v) is 2.99. The molecule has 0 aliphatic carbocycles. The molecule has 0 radical (unpaired) electrons. The molecule has 0 bridgehead atoms. The van der Waals surface area contributed by atoms with Crippen LogP contribution in [0.1, 0.15) is 30.1 Å². The zero-order chi connectivity index (χ0) is 19.2. The number of aryl methyl sites for hydroxylation is 1. The molecule has 1 aliphatic heterocycles. The second kappa shape index (κ2) is 10.7. The van der Waals surface area contributed by atoms with Gasteiger partial charge in [0.25, 0.3) is 0 Å². The number of aliphatic imine (C=N–C) groups is 1. The van der Waals surface area contributed by atoms with Crippen molar-refractivity contribution in [2.75, 3.05) is 20.2 Å². The molecule has 0 spiro atoms. The number of aromatic nitrogens is 3. The lowest BCUT2D eigenvalue weighted by molar-refractivity contribution is 0.113. The van der Waals surface area contributed by atoms with E-state index in [0.717, 1.165) is 42.6 Å². The van der Waals surface area contributed by atoms with Gasteiger partial charge in [0.05, 0.1) is 6.10 Å². The topological polar surface area (TPSA) is 67.6 Å². The van der Waals surface area contributed by atoms with Crippen LogP contribution in [-0.2, 0) is 24.9 Å². The van der Waals surface area contributed by atoms with Crippen molar-refractivity contribution in [3.63, 3.8) is 0 Å². The van der Waals surface area contributed by atoms with Gasteiger partial charge in [-0.25, -0.2) is 9.38 Å². The Morgan fingerprint density at radius 3 is 2.71 bits per heavy atom. The molecule has 28 heavy (non-hydrogen) atoms. The number of halogens is 2. The lowest BCUT2D eigenvalue weighted by Crippen LogP contribution is -2.42. The molecule has 3 rings (SSSR count). The largest absolute Gasteiger partial charge is 0.376 e. The maximum absolute atomic E-state index is 13.1. The number of ether oxygens (including phenoxy) is 1. The maximum atomic E-state index is 13.1. The van der Waals surface area contributed by atoms with Crippen molar-refractivity contribution >= 4 is 29.9 Å². The molecule has 2 heterocycles. The van der Waals surface area contributed by atoms with Gasteiger partial charge in [-0.05, 0) is 37.5 Å². The van der Waals surface area contributed by atoms with Crippen LogP contribution < -0.4 is 5.32 Å². The highest BCUT2D eigenvalue weighted by Crippen LogP contribution is 2.11. The van der Waals surface area contributed by atoms with Crippen LogP contribution in [0.5, 0.6) is 0 Å². The zero-order valence-corrected chi connectivity index (χ0v) is 18.9. The first-order chi connectivity index (χ1) is 13.0. The monoisotopic (exact) mass is 502 g/mol. The SMILES string of the molecule is Cc1nnc(CN=C(NCC2CCCO2)N(C)Cc2ccc(F)cc2)n1C.I. The lowest BCUT2D eigenvalue weighted by Gasteiger charge is -2.24. The number of nitrogens with one attached hydrogen (secondary N) is 1. The lowest BCUT2D eigenvalue weighted by atomic mass is 10.2. The van der Waals surface area contributed by atoms with Gasteiger partial charge in [0.2, 0.25) is 0 Å². The van der Waals surface area contributed by atoms with E-state index in [1.165, 1.54) is 12.1 Å². The summed E-state index contributed by atoms with van der Waals surface area (Å²) >= 11 is 0. The molecule has 7 nitrogen and oxygen atoms in total. The van der Waals surface area contributed by atoms with E-state index in [1.807, 2.05) is 30.5 Å². The summed E-state index contributed by atoms with van der Waals surface area (Å²) < 4.78 is 20.8. The minimum Gasteiger partial charge on any atom is -0.376 e. The normalized spacial score (nSPS) is 16.7. The van der Waals surface area contributed by atoms with Crippen LogP contribution in [0.4, 0.5) is 4.39 Å². The highest BCUT2D eigenvalue weighted by Gasteiger charge is 2.17.